The maximum absolute atomic E-state index is 11.5. The summed E-state index contributed by atoms with van der Waals surface area (Å²) in [5.41, 5.74) is 0.701. The third-order valence-corrected chi connectivity index (χ3v) is 5.09. The number of aliphatic hydroxyl groups excluding tert-OH is 1. The van der Waals surface area contributed by atoms with Gasteiger partial charge in [0.2, 0.25) is 0 Å². The van der Waals surface area contributed by atoms with Crippen molar-refractivity contribution < 1.29 is 19.7 Å². The standard InChI is InChI=1S/C14H18O4S/c1-18-11-5-2-4-10(8-11)12(15)9-14(13(16)17)6-3-7-19-14/h2,4-5,8,12,15H,3,6-7,9H2,1H3,(H,16,17). The molecule has 0 spiro atoms. The van der Waals surface area contributed by atoms with Crippen molar-refractivity contribution in [1.82, 2.24) is 0 Å². The van der Waals surface area contributed by atoms with Crippen LogP contribution in [0.1, 0.15) is 30.9 Å². The lowest BCUT2D eigenvalue weighted by Gasteiger charge is -2.26. The van der Waals surface area contributed by atoms with Crippen molar-refractivity contribution in [2.75, 3.05) is 12.9 Å². The van der Waals surface area contributed by atoms with Gasteiger partial charge < -0.3 is 14.9 Å². The second-order valence-electron chi connectivity index (χ2n) is 4.75. The number of thioether (sulfide) groups is 1. The van der Waals surface area contributed by atoms with E-state index in [0.29, 0.717) is 17.7 Å². The highest BCUT2D eigenvalue weighted by molar-refractivity contribution is 8.01. The van der Waals surface area contributed by atoms with Gasteiger partial charge in [0.15, 0.2) is 0 Å². The molecule has 19 heavy (non-hydrogen) atoms. The molecule has 4 nitrogen and oxygen atoms in total. The van der Waals surface area contributed by atoms with Crippen LogP contribution in [0.5, 0.6) is 5.75 Å². The minimum Gasteiger partial charge on any atom is -0.497 e. The smallest absolute Gasteiger partial charge is 0.319 e. The van der Waals surface area contributed by atoms with E-state index in [1.54, 1.807) is 31.4 Å². The molecule has 2 rings (SSSR count). The molecule has 1 aliphatic heterocycles. The first kappa shape index (κ1) is 14.2. The molecule has 0 radical (unpaired) electrons. The van der Waals surface area contributed by atoms with Crippen molar-refractivity contribution in [2.45, 2.75) is 30.1 Å². The lowest BCUT2D eigenvalue weighted by Crippen LogP contribution is -2.34. The zero-order chi connectivity index (χ0) is 13.9. The molecule has 1 fully saturated rings. The number of carbonyl (C=O) groups is 1. The van der Waals surface area contributed by atoms with Crippen LogP contribution in [-0.2, 0) is 4.79 Å². The van der Waals surface area contributed by atoms with Gasteiger partial charge in [-0.15, -0.1) is 11.8 Å². The van der Waals surface area contributed by atoms with Gasteiger partial charge in [0, 0.05) is 6.42 Å². The zero-order valence-electron chi connectivity index (χ0n) is 10.8. The third kappa shape index (κ3) is 3.04. The van der Waals surface area contributed by atoms with E-state index in [2.05, 4.69) is 0 Å². The quantitative estimate of drug-likeness (QED) is 0.868. The van der Waals surface area contributed by atoms with Crippen LogP contribution in [0.25, 0.3) is 0 Å². The Morgan fingerprint density at radius 2 is 2.37 bits per heavy atom. The molecule has 2 N–H and O–H groups in total. The van der Waals surface area contributed by atoms with E-state index in [9.17, 15) is 15.0 Å². The van der Waals surface area contributed by atoms with Crippen LogP contribution in [0.15, 0.2) is 24.3 Å². The SMILES string of the molecule is COc1cccc(C(O)CC2(C(=O)O)CCCS2)c1. The molecular weight excluding hydrogens is 264 g/mol. The zero-order valence-corrected chi connectivity index (χ0v) is 11.7. The van der Waals surface area contributed by atoms with Crippen molar-refractivity contribution in [3.05, 3.63) is 29.8 Å². The number of rotatable bonds is 5. The van der Waals surface area contributed by atoms with Crippen LogP contribution >= 0.6 is 11.8 Å². The second kappa shape index (κ2) is 5.84. The molecule has 1 aromatic carbocycles. The number of aliphatic hydroxyl groups is 1. The normalized spacial score (nSPS) is 24.1. The van der Waals surface area contributed by atoms with Gasteiger partial charge >= 0.3 is 5.97 Å². The number of benzene rings is 1. The molecule has 1 saturated heterocycles. The summed E-state index contributed by atoms with van der Waals surface area (Å²) in [6.07, 6.45) is 0.965. The van der Waals surface area contributed by atoms with Gasteiger partial charge in [-0.2, -0.15) is 0 Å². The molecule has 0 bridgehead atoms. The van der Waals surface area contributed by atoms with Crippen LogP contribution in [0.2, 0.25) is 0 Å². The minimum absolute atomic E-state index is 0.236. The van der Waals surface area contributed by atoms with E-state index in [4.69, 9.17) is 4.74 Å². The Balaban J connectivity index is 2.15. The first-order valence-corrected chi connectivity index (χ1v) is 7.25. The molecule has 0 aromatic heterocycles. The first-order chi connectivity index (χ1) is 9.07. The monoisotopic (exact) mass is 282 g/mol. The first-order valence-electron chi connectivity index (χ1n) is 6.27. The average molecular weight is 282 g/mol. The summed E-state index contributed by atoms with van der Waals surface area (Å²) < 4.78 is 4.27. The van der Waals surface area contributed by atoms with E-state index >= 15 is 0 Å². The van der Waals surface area contributed by atoms with Gasteiger partial charge in [-0.1, -0.05) is 12.1 Å². The minimum atomic E-state index is -0.845. The number of aliphatic carboxylic acids is 1. The van der Waals surface area contributed by atoms with Crippen molar-refractivity contribution in [2.24, 2.45) is 0 Å². The highest BCUT2D eigenvalue weighted by Gasteiger charge is 2.43. The fraction of sp³-hybridized carbons (Fsp3) is 0.500. The molecule has 0 amide bonds. The number of carboxylic acid groups (broad SMARTS) is 1. The Morgan fingerprint density at radius 1 is 1.58 bits per heavy atom. The van der Waals surface area contributed by atoms with E-state index in [1.165, 1.54) is 11.8 Å². The summed E-state index contributed by atoms with van der Waals surface area (Å²) >= 11 is 1.44. The van der Waals surface area contributed by atoms with Gasteiger partial charge in [-0.3, -0.25) is 4.79 Å². The van der Waals surface area contributed by atoms with Gasteiger partial charge in [0.25, 0.3) is 0 Å². The Bertz CT molecular complexity index is 455. The second-order valence-corrected chi connectivity index (χ2v) is 6.23. The molecule has 104 valence electrons. The molecule has 2 unspecified atom stereocenters. The summed E-state index contributed by atoms with van der Waals surface area (Å²) in [4.78, 5) is 11.5. The van der Waals surface area contributed by atoms with Crippen LogP contribution < -0.4 is 4.74 Å². The van der Waals surface area contributed by atoms with E-state index in [1.807, 2.05) is 0 Å². The summed E-state index contributed by atoms with van der Waals surface area (Å²) in [5.74, 6) is 0.689. The number of carboxylic acids is 1. The van der Waals surface area contributed by atoms with Gasteiger partial charge in [-0.05, 0) is 36.3 Å². The maximum atomic E-state index is 11.5. The number of methoxy groups -OCH3 is 1. The summed E-state index contributed by atoms with van der Waals surface area (Å²) in [5, 5.41) is 19.7. The predicted molar refractivity (Wildman–Crippen MR) is 74.6 cm³/mol. The molecule has 2 atom stereocenters. The van der Waals surface area contributed by atoms with Crippen molar-refractivity contribution in [3.63, 3.8) is 0 Å². The topological polar surface area (TPSA) is 66.8 Å². The van der Waals surface area contributed by atoms with Gasteiger partial charge in [0.1, 0.15) is 10.5 Å². The molecule has 0 aliphatic carbocycles. The fourth-order valence-electron chi connectivity index (χ4n) is 2.39. The number of ether oxygens (including phenoxy) is 1. The Labute approximate surface area is 116 Å². The highest BCUT2D eigenvalue weighted by Crippen LogP contribution is 2.44. The van der Waals surface area contributed by atoms with E-state index in [0.717, 1.165) is 12.2 Å². The van der Waals surface area contributed by atoms with Crippen LogP contribution in [0.3, 0.4) is 0 Å². The molecule has 1 heterocycles. The van der Waals surface area contributed by atoms with Crippen LogP contribution in [0, 0.1) is 0 Å². The maximum Gasteiger partial charge on any atom is 0.319 e. The lowest BCUT2D eigenvalue weighted by atomic mass is 9.92. The lowest BCUT2D eigenvalue weighted by molar-refractivity contribution is -0.140. The largest absolute Gasteiger partial charge is 0.497 e. The summed E-state index contributed by atoms with van der Waals surface area (Å²) in [6, 6.07) is 7.14. The van der Waals surface area contributed by atoms with E-state index < -0.39 is 16.8 Å². The van der Waals surface area contributed by atoms with Gasteiger partial charge in [-0.25, -0.2) is 0 Å². The fourth-order valence-corrected chi connectivity index (χ4v) is 3.76. The Morgan fingerprint density at radius 3 is 2.95 bits per heavy atom. The Hall–Kier alpha value is -1.20. The summed E-state index contributed by atoms with van der Waals surface area (Å²) in [6.45, 7) is 0. The van der Waals surface area contributed by atoms with Crippen LogP contribution in [-0.4, -0.2) is 33.8 Å². The van der Waals surface area contributed by atoms with Crippen LogP contribution in [0.4, 0.5) is 0 Å². The number of hydrogen-bond acceptors (Lipinski definition) is 4. The highest BCUT2D eigenvalue weighted by atomic mass is 32.2. The van der Waals surface area contributed by atoms with Crippen molar-refractivity contribution in [3.8, 4) is 5.75 Å². The average Bonchev–Trinajstić information content (AvgIpc) is 2.88. The third-order valence-electron chi connectivity index (χ3n) is 3.49. The summed E-state index contributed by atoms with van der Waals surface area (Å²) in [7, 11) is 1.57. The predicted octanol–water partition coefficient (Wildman–Crippen LogP) is 2.47. The molecule has 1 aromatic rings. The van der Waals surface area contributed by atoms with Crippen molar-refractivity contribution >= 4 is 17.7 Å². The molecular formula is C14H18O4S. The molecule has 1 aliphatic rings. The van der Waals surface area contributed by atoms with Gasteiger partial charge in [0.05, 0.1) is 13.2 Å². The molecule has 0 saturated carbocycles. The van der Waals surface area contributed by atoms with E-state index in [-0.39, 0.29) is 6.42 Å². The molecule has 5 heteroatoms. The number of hydrogen-bond donors (Lipinski definition) is 2. The van der Waals surface area contributed by atoms with Crippen molar-refractivity contribution in [1.29, 1.82) is 0 Å². The Kier molecular flexibility index (Phi) is 4.37.